The van der Waals surface area contributed by atoms with E-state index in [0.29, 0.717) is 19.5 Å². The fourth-order valence-electron chi connectivity index (χ4n) is 3.26. The quantitative estimate of drug-likeness (QED) is 0.774. The predicted molar refractivity (Wildman–Crippen MR) is 97.0 cm³/mol. The van der Waals surface area contributed by atoms with Crippen LogP contribution in [-0.4, -0.2) is 29.2 Å². The van der Waals surface area contributed by atoms with Crippen molar-refractivity contribution >= 4 is 11.6 Å². The molecule has 0 radical (unpaired) electrons. The molecule has 1 atom stereocenters. The second-order valence-electron chi connectivity index (χ2n) is 7.10. The van der Waals surface area contributed by atoms with Gasteiger partial charge in [0, 0.05) is 18.9 Å². The second-order valence-corrected chi connectivity index (χ2v) is 7.10. The monoisotopic (exact) mass is 370 g/mol. The second kappa shape index (κ2) is 7.47. The van der Waals surface area contributed by atoms with Crippen LogP contribution in [0.5, 0.6) is 0 Å². The SMILES string of the molecule is O=C(C1CC1)N(Cc1cccc(F)c1)C[C@@H]1CC(c2ccc(F)cc2)=NO1. The summed E-state index contributed by atoms with van der Waals surface area (Å²) in [6.45, 7) is 0.735. The molecule has 0 unspecified atom stereocenters. The lowest BCUT2D eigenvalue weighted by Gasteiger charge is -2.25. The van der Waals surface area contributed by atoms with Gasteiger partial charge in [-0.05, 0) is 48.2 Å². The average molecular weight is 370 g/mol. The maximum absolute atomic E-state index is 13.5. The molecule has 0 saturated heterocycles. The highest BCUT2D eigenvalue weighted by Crippen LogP contribution is 2.32. The summed E-state index contributed by atoms with van der Waals surface area (Å²) in [4.78, 5) is 19.9. The van der Waals surface area contributed by atoms with E-state index in [1.807, 2.05) is 6.07 Å². The summed E-state index contributed by atoms with van der Waals surface area (Å²) in [5, 5.41) is 4.11. The van der Waals surface area contributed by atoms with Crippen molar-refractivity contribution in [3.05, 3.63) is 71.3 Å². The van der Waals surface area contributed by atoms with E-state index in [1.54, 1.807) is 23.1 Å². The van der Waals surface area contributed by atoms with Gasteiger partial charge >= 0.3 is 0 Å². The molecule has 0 aromatic heterocycles. The zero-order chi connectivity index (χ0) is 18.8. The average Bonchev–Trinajstić information content (AvgIpc) is 3.40. The van der Waals surface area contributed by atoms with Gasteiger partial charge in [0.05, 0.1) is 12.3 Å². The van der Waals surface area contributed by atoms with Gasteiger partial charge in [0.1, 0.15) is 11.6 Å². The first kappa shape index (κ1) is 17.6. The van der Waals surface area contributed by atoms with E-state index in [9.17, 15) is 13.6 Å². The molecule has 1 fully saturated rings. The molecule has 0 N–H and O–H groups in total. The zero-order valence-corrected chi connectivity index (χ0v) is 14.8. The van der Waals surface area contributed by atoms with Crippen molar-refractivity contribution in [2.24, 2.45) is 11.1 Å². The molecule has 1 heterocycles. The minimum absolute atomic E-state index is 0.0671. The van der Waals surface area contributed by atoms with Gasteiger partial charge in [-0.1, -0.05) is 29.4 Å². The van der Waals surface area contributed by atoms with Crippen LogP contribution in [0.4, 0.5) is 8.78 Å². The Morgan fingerprint density at radius 3 is 2.59 bits per heavy atom. The van der Waals surface area contributed by atoms with E-state index in [1.165, 1.54) is 24.3 Å². The van der Waals surface area contributed by atoms with Gasteiger partial charge in [0.2, 0.25) is 5.91 Å². The van der Waals surface area contributed by atoms with E-state index < -0.39 is 0 Å². The van der Waals surface area contributed by atoms with Gasteiger partial charge in [-0.3, -0.25) is 4.79 Å². The highest BCUT2D eigenvalue weighted by molar-refractivity contribution is 6.01. The molecule has 1 aliphatic heterocycles. The first-order valence-electron chi connectivity index (χ1n) is 9.10. The number of hydrogen-bond acceptors (Lipinski definition) is 3. The summed E-state index contributed by atoms with van der Waals surface area (Å²) >= 11 is 0. The highest BCUT2D eigenvalue weighted by Gasteiger charge is 2.35. The number of rotatable bonds is 6. The third-order valence-electron chi connectivity index (χ3n) is 4.84. The van der Waals surface area contributed by atoms with Crippen LogP contribution in [0.3, 0.4) is 0 Å². The van der Waals surface area contributed by atoms with E-state index in [0.717, 1.165) is 29.7 Å². The topological polar surface area (TPSA) is 41.9 Å². The Labute approximate surface area is 156 Å². The molecule has 1 saturated carbocycles. The van der Waals surface area contributed by atoms with Gasteiger partial charge in [-0.25, -0.2) is 8.78 Å². The molecule has 2 aliphatic rings. The van der Waals surface area contributed by atoms with E-state index in [-0.39, 0.29) is 29.6 Å². The van der Waals surface area contributed by atoms with Crippen LogP contribution in [0.25, 0.3) is 0 Å². The van der Waals surface area contributed by atoms with E-state index in [4.69, 9.17) is 4.84 Å². The lowest BCUT2D eigenvalue weighted by atomic mass is 10.0. The van der Waals surface area contributed by atoms with Gasteiger partial charge in [0.25, 0.3) is 0 Å². The lowest BCUT2D eigenvalue weighted by Crippen LogP contribution is -2.38. The molecule has 1 amide bonds. The predicted octanol–water partition coefficient (Wildman–Crippen LogP) is 3.90. The Kier molecular flexibility index (Phi) is 4.88. The number of nitrogens with zero attached hydrogens (tertiary/aromatic N) is 2. The summed E-state index contributed by atoms with van der Waals surface area (Å²) in [6, 6.07) is 12.4. The van der Waals surface area contributed by atoms with Crippen LogP contribution < -0.4 is 0 Å². The first-order chi connectivity index (χ1) is 13.1. The number of benzene rings is 2. The largest absolute Gasteiger partial charge is 0.390 e. The normalized spacial score (nSPS) is 18.7. The highest BCUT2D eigenvalue weighted by atomic mass is 19.1. The van der Waals surface area contributed by atoms with Crippen LogP contribution in [0.2, 0.25) is 0 Å². The minimum Gasteiger partial charge on any atom is -0.390 e. The van der Waals surface area contributed by atoms with Crippen molar-refractivity contribution < 1.29 is 18.4 Å². The molecule has 2 aromatic carbocycles. The third kappa shape index (κ3) is 4.32. The molecule has 4 rings (SSSR count). The van der Waals surface area contributed by atoms with Crippen LogP contribution in [0.15, 0.2) is 53.7 Å². The summed E-state index contributed by atoms with van der Waals surface area (Å²) in [5.41, 5.74) is 2.30. The minimum atomic E-state index is -0.314. The molecule has 0 spiro atoms. The molecular weight excluding hydrogens is 350 g/mol. The molecule has 0 bridgehead atoms. The Hall–Kier alpha value is -2.76. The maximum Gasteiger partial charge on any atom is 0.226 e. The zero-order valence-electron chi connectivity index (χ0n) is 14.8. The lowest BCUT2D eigenvalue weighted by molar-refractivity contribution is -0.135. The fraction of sp³-hybridized carbons (Fsp3) is 0.333. The van der Waals surface area contributed by atoms with Gasteiger partial charge in [-0.15, -0.1) is 0 Å². The molecule has 2 aromatic rings. The third-order valence-corrected chi connectivity index (χ3v) is 4.84. The number of hydrogen-bond donors (Lipinski definition) is 0. The van der Waals surface area contributed by atoms with Crippen LogP contribution in [-0.2, 0) is 16.2 Å². The maximum atomic E-state index is 13.5. The standard InChI is InChI=1S/C21H20F2N2O2/c22-17-8-6-15(7-9-17)20-11-19(27-24-20)13-25(21(26)16-4-5-16)12-14-2-1-3-18(23)10-14/h1-3,6-10,16,19H,4-5,11-13H2/t19-/m0/s1. The molecule has 6 heteroatoms. The Balaban J connectivity index is 1.43. The van der Waals surface area contributed by atoms with Gasteiger partial charge in [-0.2, -0.15) is 0 Å². The van der Waals surface area contributed by atoms with Crippen molar-refractivity contribution in [1.82, 2.24) is 4.90 Å². The van der Waals surface area contributed by atoms with Crippen molar-refractivity contribution in [2.45, 2.75) is 31.9 Å². The summed E-state index contributed by atoms with van der Waals surface area (Å²) < 4.78 is 26.6. The Morgan fingerprint density at radius 1 is 1.11 bits per heavy atom. The van der Waals surface area contributed by atoms with E-state index in [2.05, 4.69) is 5.16 Å². The van der Waals surface area contributed by atoms with Crippen molar-refractivity contribution in [3.8, 4) is 0 Å². The van der Waals surface area contributed by atoms with Gasteiger partial charge in [0.15, 0.2) is 6.10 Å². The summed E-state index contributed by atoms with van der Waals surface area (Å²) in [6.07, 6.45) is 2.09. The number of amides is 1. The van der Waals surface area contributed by atoms with Crippen molar-refractivity contribution in [2.75, 3.05) is 6.54 Å². The summed E-state index contributed by atoms with van der Waals surface area (Å²) in [7, 11) is 0. The molecular formula is C21H20F2N2O2. The number of oxime groups is 1. The number of halogens is 2. The molecule has 27 heavy (non-hydrogen) atoms. The molecule has 4 nitrogen and oxygen atoms in total. The number of carbonyl (C=O) groups is 1. The number of carbonyl (C=O) groups excluding carboxylic acids is 1. The Morgan fingerprint density at radius 2 is 1.89 bits per heavy atom. The van der Waals surface area contributed by atoms with Crippen LogP contribution in [0.1, 0.15) is 30.4 Å². The molecule has 1 aliphatic carbocycles. The summed E-state index contributed by atoms with van der Waals surface area (Å²) in [5.74, 6) is -0.466. The smallest absolute Gasteiger partial charge is 0.226 e. The van der Waals surface area contributed by atoms with Crippen LogP contribution in [0, 0.1) is 17.6 Å². The van der Waals surface area contributed by atoms with Crippen LogP contribution >= 0.6 is 0 Å². The first-order valence-corrected chi connectivity index (χ1v) is 9.10. The molecule has 140 valence electrons. The van der Waals surface area contributed by atoms with Gasteiger partial charge < -0.3 is 9.74 Å². The van der Waals surface area contributed by atoms with Crippen molar-refractivity contribution in [3.63, 3.8) is 0 Å². The van der Waals surface area contributed by atoms with Crippen molar-refractivity contribution in [1.29, 1.82) is 0 Å². The fourth-order valence-corrected chi connectivity index (χ4v) is 3.26. The Bertz CT molecular complexity index is 863. The van der Waals surface area contributed by atoms with E-state index >= 15 is 0 Å².